The largest absolute Gasteiger partial charge is 0.376 e. The molecular weight excluding hydrogens is 292 g/mol. The number of anilines is 1. The average Bonchev–Trinajstić information content (AvgIpc) is 3.12. The summed E-state index contributed by atoms with van der Waals surface area (Å²) >= 11 is 0. The molecule has 1 N–H and O–H groups in total. The van der Waals surface area contributed by atoms with Crippen LogP contribution >= 0.6 is 0 Å². The molecule has 1 atom stereocenters. The van der Waals surface area contributed by atoms with Gasteiger partial charge in [-0.15, -0.1) is 0 Å². The normalized spacial score (nSPS) is 22.3. The van der Waals surface area contributed by atoms with Gasteiger partial charge in [0, 0.05) is 31.8 Å². The Morgan fingerprint density at radius 3 is 2.91 bits per heavy atom. The van der Waals surface area contributed by atoms with E-state index in [0.717, 1.165) is 30.7 Å². The minimum Gasteiger partial charge on any atom is -0.376 e. The smallest absolute Gasteiger partial charge is 0.237 e. The highest BCUT2D eigenvalue weighted by Crippen LogP contribution is 2.41. The predicted molar refractivity (Wildman–Crippen MR) is 88.4 cm³/mol. The molecule has 124 valence electrons. The molecule has 3 rings (SSSR count). The topological polar surface area (TPSA) is 58.6 Å². The number of hydrogen-bond donors (Lipinski definition) is 1. The maximum Gasteiger partial charge on any atom is 0.237 e. The minimum absolute atomic E-state index is 0.0320. The molecule has 0 spiro atoms. The summed E-state index contributed by atoms with van der Waals surface area (Å²) in [6.45, 7) is 5.64. The zero-order valence-corrected chi connectivity index (χ0v) is 13.8. The quantitative estimate of drug-likeness (QED) is 0.904. The van der Waals surface area contributed by atoms with Gasteiger partial charge in [-0.05, 0) is 38.3 Å². The number of nitrogens with zero attached hydrogens (tertiary/aromatic N) is 1. The molecule has 0 bridgehead atoms. The Morgan fingerprint density at radius 2 is 2.17 bits per heavy atom. The fourth-order valence-electron chi connectivity index (χ4n) is 3.36. The molecule has 23 heavy (non-hydrogen) atoms. The highest BCUT2D eigenvalue weighted by atomic mass is 16.5. The number of nitrogens with one attached hydrogen (secondary N) is 1. The molecule has 2 heterocycles. The first-order valence-corrected chi connectivity index (χ1v) is 8.30. The summed E-state index contributed by atoms with van der Waals surface area (Å²) in [5.41, 5.74) is 1.43. The van der Waals surface area contributed by atoms with Gasteiger partial charge in [-0.1, -0.05) is 18.2 Å². The van der Waals surface area contributed by atoms with Crippen molar-refractivity contribution < 1.29 is 14.3 Å². The fraction of sp³-hybridized carbons (Fsp3) is 0.556. The first-order valence-electron chi connectivity index (χ1n) is 8.30. The molecule has 0 saturated carbocycles. The van der Waals surface area contributed by atoms with Gasteiger partial charge in [0.1, 0.15) is 0 Å². The van der Waals surface area contributed by atoms with Crippen LogP contribution in [0.25, 0.3) is 0 Å². The van der Waals surface area contributed by atoms with Crippen molar-refractivity contribution in [1.82, 2.24) is 5.32 Å². The molecule has 2 amide bonds. The number of rotatable bonds is 5. The molecule has 0 unspecified atom stereocenters. The van der Waals surface area contributed by atoms with Gasteiger partial charge in [0.15, 0.2) is 0 Å². The number of fused-ring (bicyclic) bond motifs is 1. The summed E-state index contributed by atoms with van der Waals surface area (Å²) in [6, 6.07) is 7.82. The van der Waals surface area contributed by atoms with Crippen molar-refractivity contribution >= 4 is 17.5 Å². The van der Waals surface area contributed by atoms with Gasteiger partial charge in [0.25, 0.3) is 0 Å². The Morgan fingerprint density at radius 1 is 1.39 bits per heavy atom. The van der Waals surface area contributed by atoms with Crippen molar-refractivity contribution in [3.05, 3.63) is 29.8 Å². The van der Waals surface area contributed by atoms with Crippen molar-refractivity contribution in [3.63, 3.8) is 0 Å². The number of amides is 2. The molecule has 0 aliphatic carbocycles. The number of carbonyl (C=O) groups is 2. The molecule has 0 radical (unpaired) electrons. The molecule has 1 aromatic rings. The van der Waals surface area contributed by atoms with E-state index >= 15 is 0 Å². The molecule has 1 aromatic carbocycles. The van der Waals surface area contributed by atoms with Crippen molar-refractivity contribution in [3.8, 4) is 0 Å². The maximum absolute atomic E-state index is 12.6. The second-order valence-electron chi connectivity index (χ2n) is 6.79. The highest BCUT2D eigenvalue weighted by Gasteiger charge is 2.43. The van der Waals surface area contributed by atoms with Gasteiger partial charge in [-0.25, -0.2) is 0 Å². The van der Waals surface area contributed by atoms with Crippen LogP contribution in [0.5, 0.6) is 0 Å². The van der Waals surface area contributed by atoms with Crippen LogP contribution in [0.2, 0.25) is 0 Å². The van der Waals surface area contributed by atoms with Crippen molar-refractivity contribution in [2.75, 3.05) is 24.6 Å². The molecule has 5 heteroatoms. The second kappa shape index (κ2) is 6.32. The molecule has 1 saturated heterocycles. The molecule has 0 aromatic heterocycles. The Kier molecular flexibility index (Phi) is 4.39. The summed E-state index contributed by atoms with van der Waals surface area (Å²) in [5.74, 6) is 0.0288. The van der Waals surface area contributed by atoms with Crippen LogP contribution in [0.3, 0.4) is 0 Å². The van der Waals surface area contributed by atoms with E-state index in [0.29, 0.717) is 19.5 Å². The van der Waals surface area contributed by atoms with Crippen LogP contribution in [-0.4, -0.2) is 37.6 Å². The van der Waals surface area contributed by atoms with Gasteiger partial charge < -0.3 is 15.0 Å². The van der Waals surface area contributed by atoms with Crippen LogP contribution < -0.4 is 10.2 Å². The number of benzene rings is 1. The van der Waals surface area contributed by atoms with E-state index < -0.39 is 5.41 Å². The summed E-state index contributed by atoms with van der Waals surface area (Å²) in [5, 5.41) is 2.91. The average molecular weight is 316 g/mol. The number of para-hydroxylation sites is 1. The summed E-state index contributed by atoms with van der Waals surface area (Å²) in [7, 11) is 0. The van der Waals surface area contributed by atoms with Gasteiger partial charge >= 0.3 is 0 Å². The predicted octanol–water partition coefficient (Wildman–Crippen LogP) is 2.00. The molecule has 5 nitrogen and oxygen atoms in total. The van der Waals surface area contributed by atoms with Crippen LogP contribution in [0.4, 0.5) is 5.69 Å². The second-order valence-corrected chi connectivity index (χ2v) is 6.79. The number of ether oxygens (including phenoxy) is 1. The molecule has 2 aliphatic heterocycles. The van der Waals surface area contributed by atoms with Crippen LogP contribution in [0.1, 0.15) is 38.7 Å². The van der Waals surface area contributed by atoms with Crippen molar-refractivity contribution in [2.24, 2.45) is 0 Å². The van der Waals surface area contributed by atoms with Crippen LogP contribution in [0.15, 0.2) is 24.3 Å². The van der Waals surface area contributed by atoms with Crippen LogP contribution in [-0.2, 0) is 19.7 Å². The van der Waals surface area contributed by atoms with E-state index in [4.69, 9.17) is 4.74 Å². The molecular formula is C18H24N2O3. The van der Waals surface area contributed by atoms with Crippen molar-refractivity contribution in [1.29, 1.82) is 0 Å². The minimum atomic E-state index is -0.523. The Bertz CT molecular complexity index is 606. The molecule has 1 fully saturated rings. The maximum atomic E-state index is 12.6. The van der Waals surface area contributed by atoms with E-state index in [2.05, 4.69) is 5.32 Å². The molecule has 2 aliphatic rings. The lowest BCUT2D eigenvalue weighted by atomic mass is 9.86. The van der Waals surface area contributed by atoms with Gasteiger partial charge in [-0.3, -0.25) is 9.59 Å². The van der Waals surface area contributed by atoms with Gasteiger partial charge in [0.05, 0.1) is 11.5 Å². The van der Waals surface area contributed by atoms with E-state index in [1.54, 1.807) is 4.90 Å². The number of hydrogen-bond acceptors (Lipinski definition) is 3. The van der Waals surface area contributed by atoms with Gasteiger partial charge in [-0.2, -0.15) is 0 Å². The summed E-state index contributed by atoms with van der Waals surface area (Å²) in [4.78, 5) is 26.4. The third-order valence-electron chi connectivity index (χ3n) is 4.76. The Hall–Kier alpha value is -1.88. The first-order chi connectivity index (χ1) is 11.0. The standard InChI is InChI=1S/C18H24N2O3/c1-18(2)14-7-3-4-8-15(14)20(17(18)22)10-9-16(21)19-12-13-6-5-11-23-13/h3-4,7-8,13H,5-6,9-12H2,1-2H3,(H,19,21)/t13-/m0/s1. The number of carbonyl (C=O) groups excluding carboxylic acids is 2. The SMILES string of the molecule is CC1(C)C(=O)N(CCC(=O)NC[C@@H]2CCCO2)c2ccccc21. The lowest BCUT2D eigenvalue weighted by Crippen LogP contribution is -2.39. The zero-order chi connectivity index (χ0) is 16.4. The fourth-order valence-corrected chi connectivity index (χ4v) is 3.36. The monoisotopic (exact) mass is 316 g/mol. The summed E-state index contributed by atoms with van der Waals surface area (Å²) < 4.78 is 5.49. The van der Waals surface area contributed by atoms with E-state index in [-0.39, 0.29) is 17.9 Å². The van der Waals surface area contributed by atoms with E-state index in [1.807, 2.05) is 38.1 Å². The van der Waals surface area contributed by atoms with Gasteiger partial charge in [0.2, 0.25) is 11.8 Å². The third kappa shape index (κ3) is 3.11. The highest BCUT2D eigenvalue weighted by molar-refractivity contribution is 6.07. The van der Waals surface area contributed by atoms with E-state index in [1.165, 1.54) is 0 Å². The zero-order valence-electron chi connectivity index (χ0n) is 13.8. The third-order valence-corrected chi connectivity index (χ3v) is 4.76. The lowest BCUT2D eigenvalue weighted by Gasteiger charge is -2.20. The Balaban J connectivity index is 1.57. The van der Waals surface area contributed by atoms with E-state index in [9.17, 15) is 9.59 Å². The first kappa shape index (κ1) is 16.0. The van der Waals surface area contributed by atoms with Crippen LogP contribution in [0, 0.1) is 0 Å². The Labute approximate surface area is 137 Å². The lowest BCUT2D eigenvalue weighted by molar-refractivity contribution is -0.122. The summed E-state index contributed by atoms with van der Waals surface area (Å²) in [6.07, 6.45) is 2.52. The van der Waals surface area contributed by atoms with Crippen molar-refractivity contribution in [2.45, 2.75) is 44.6 Å².